The Balaban J connectivity index is 0.00000312. The summed E-state index contributed by atoms with van der Waals surface area (Å²) in [7, 11) is -3.47. The Bertz CT molecular complexity index is 778. The third kappa shape index (κ3) is 7.84. The van der Waals surface area contributed by atoms with E-state index in [-0.39, 0.29) is 48.8 Å². The van der Waals surface area contributed by atoms with Gasteiger partial charge in [0.15, 0.2) is 5.96 Å². The summed E-state index contributed by atoms with van der Waals surface area (Å²) in [6.45, 7) is 2.45. The van der Waals surface area contributed by atoms with Crippen molar-refractivity contribution in [2.75, 3.05) is 18.4 Å². The molecule has 0 spiro atoms. The van der Waals surface area contributed by atoms with Gasteiger partial charge in [0.2, 0.25) is 10.0 Å². The second-order valence-corrected chi connectivity index (χ2v) is 6.90. The molecule has 0 aliphatic carbocycles. The molecule has 0 aliphatic heterocycles. The van der Waals surface area contributed by atoms with Crippen LogP contribution in [-0.4, -0.2) is 32.6 Å². The van der Waals surface area contributed by atoms with E-state index in [0.717, 1.165) is 12.1 Å². The lowest BCUT2D eigenvalue weighted by Gasteiger charge is -2.07. The number of aliphatic imine (C=N–C) groups is 1. The summed E-state index contributed by atoms with van der Waals surface area (Å²) in [4.78, 5) is 4.10. The zero-order chi connectivity index (χ0) is 17.4. The van der Waals surface area contributed by atoms with Crippen LogP contribution in [0.2, 0.25) is 0 Å². The zero-order valence-electron chi connectivity index (χ0n) is 13.8. The SMILES string of the molecule is CCc1cccc(NC(N)=NCCNS(=O)(=O)Cc2ccon2)c1.I. The molecule has 0 saturated heterocycles. The smallest absolute Gasteiger partial charge is 0.217 e. The summed E-state index contributed by atoms with van der Waals surface area (Å²) < 4.78 is 30.7. The Kier molecular flexibility index (Phi) is 8.86. The average molecular weight is 479 g/mol. The van der Waals surface area contributed by atoms with Crippen LogP contribution in [0.15, 0.2) is 46.1 Å². The van der Waals surface area contributed by atoms with Gasteiger partial charge in [-0.2, -0.15) is 0 Å². The van der Waals surface area contributed by atoms with Crippen molar-refractivity contribution in [1.29, 1.82) is 0 Å². The number of sulfonamides is 1. The molecule has 0 aliphatic rings. The van der Waals surface area contributed by atoms with Gasteiger partial charge in [0.1, 0.15) is 12.0 Å². The number of benzene rings is 1. The van der Waals surface area contributed by atoms with Gasteiger partial charge in [-0.25, -0.2) is 13.1 Å². The minimum Gasteiger partial charge on any atom is -0.370 e. The first-order chi connectivity index (χ1) is 11.5. The van der Waals surface area contributed by atoms with Crippen LogP contribution >= 0.6 is 24.0 Å². The first-order valence-electron chi connectivity index (χ1n) is 7.51. The molecule has 2 aromatic rings. The molecule has 0 bridgehead atoms. The van der Waals surface area contributed by atoms with E-state index in [1.807, 2.05) is 24.3 Å². The number of rotatable bonds is 8. The fraction of sp³-hybridized carbons (Fsp3) is 0.333. The van der Waals surface area contributed by atoms with Gasteiger partial charge in [-0.3, -0.25) is 4.99 Å². The van der Waals surface area contributed by atoms with Crippen molar-refractivity contribution in [3.63, 3.8) is 0 Å². The van der Waals surface area contributed by atoms with Crippen molar-refractivity contribution >= 4 is 45.6 Å². The van der Waals surface area contributed by atoms with E-state index < -0.39 is 10.0 Å². The van der Waals surface area contributed by atoms with Crippen LogP contribution in [0.3, 0.4) is 0 Å². The molecule has 0 saturated carbocycles. The van der Waals surface area contributed by atoms with E-state index >= 15 is 0 Å². The van der Waals surface area contributed by atoms with Gasteiger partial charge in [0, 0.05) is 18.3 Å². The van der Waals surface area contributed by atoms with Crippen LogP contribution < -0.4 is 15.8 Å². The Morgan fingerprint density at radius 2 is 2.16 bits per heavy atom. The predicted molar refractivity (Wildman–Crippen MR) is 108 cm³/mol. The summed E-state index contributed by atoms with van der Waals surface area (Å²) in [5.41, 5.74) is 8.18. The van der Waals surface area contributed by atoms with Gasteiger partial charge in [-0.1, -0.05) is 24.2 Å². The average Bonchev–Trinajstić information content (AvgIpc) is 3.04. The fourth-order valence-corrected chi connectivity index (χ4v) is 3.03. The molecule has 0 fully saturated rings. The van der Waals surface area contributed by atoms with Crippen molar-refractivity contribution in [2.24, 2.45) is 10.7 Å². The van der Waals surface area contributed by atoms with Crippen molar-refractivity contribution in [3.8, 4) is 0 Å². The highest BCUT2D eigenvalue weighted by Gasteiger charge is 2.12. The molecule has 0 radical (unpaired) electrons. The third-order valence-electron chi connectivity index (χ3n) is 3.15. The minimum absolute atomic E-state index is 0. The number of guanidine groups is 1. The second kappa shape index (κ2) is 10.4. The molecular weight excluding hydrogens is 457 g/mol. The number of aryl methyl sites for hydroxylation is 1. The van der Waals surface area contributed by atoms with Gasteiger partial charge in [0.25, 0.3) is 0 Å². The fourth-order valence-electron chi connectivity index (χ4n) is 1.99. The molecule has 4 N–H and O–H groups in total. The van der Waals surface area contributed by atoms with Crippen LogP contribution in [0.1, 0.15) is 18.2 Å². The lowest BCUT2D eigenvalue weighted by molar-refractivity contribution is 0.413. The van der Waals surface area contributed by atoms with Gasteiger partial charge >= 0.3 is 0 Å². The molecule has 1 heterocycles. The van der Waals surface area contributed by atoms with Gasteiger partial charge in [-0.05, 0) is 24.1 Å². The monoisotopic (exact) mass is 479 g/mol. The maximum Gasteiger partial charge on any atom is 0.217 e. The number of nitrogens with two attached hydrogens (primary N) is 1. The molecule has 2 rings (SSSR count). The Labute approximate surface area is 164 Å². The molecule has 138 valence electrons. The minimum atomic E-state index is -3.47. The number of nitrogens with zero attached hydrogens (tertiary/aromatic N) is 2. The van der Waals surface area contributed by atoms with E-state index in [2.05, 4.69) is 31.6 Å². The van der Waals surface area contributed by atoms with Crippen LogP contribution in [0.4, 0.5) is 5.69 Å². The largest absolute Gasteiger partial charge is 0.370 e. The van der Waals surface area contributed by atoms with Crippen LogP contribution in [-0.2, 0) is 22.2 Å². The van der Waals surface area contributed by atoms with E-state index in [0.29, 0.717) is 5.69 Å². The Morgan fingerprint density at radius 3 is 2.84 bits per heavy atom. The molecule has 0 atom stereocenters. The molecule has 0 unspecified atom stereocenters. The molecule has 25 heavy (non-hydrogen) atoms. The quantitative estimate of drug-likeness (QED) is 0.229. The van der Waals surface area contributed by atoms with Crippen LogP contribution in [0, 0.1) is 0 Å². The number of aromatic nitrogens is 1. The third-order valence-corrected chi connectivity index (χ3v) is 4.47. The molecule has 8 nitrogen and oxygen atoms in total. The van der Waals surface area contributed by atoms with Crippen LogP contribution in [0.25, 0.3) is 0 Å². The lowest BCUT2D eigenvalue weighted by Crippen LogP contribution is -2.29. The zero-order valence-corrected chi connectivity index (χ0v) is 17.0. The van der Waals surface area contributed by atoms with E-state index in [1.54, 1.807) is 0 Å². The summed E-state index contributed by atoms with van der Waals surface area (Å²) in [5.74, 6) is 0.00375. The van der Waals surface area contributed by atoms with Crippen LogP contribution in [0.5, 0.6) is 0 Å². The number of halogens is 1. The lowest BCUT2D eigenvalue weighted by atomic mass is 10.1. The van der Waals surface area contributed by atoms with Gasteiger partial charge in [-0.15, -0.1) is 24.0 Å². The van der Waals surface area contributed by atoms with Gasteiger partial charge < -0.3 is 15.6 Å². The number of hydrogen-bond acceptors (Lipinski definition) is 5. The number of nitrogens with one attached hydrogen (secondary N) is 2. The normalized spacial score (nSPS) is 11.8. The van der Waals surface area contributed by atoms with Gasteiger partial charge in [0.05, 0.1) is 12.2 Å². The maximum absolute atomic E-state index is 11.8. The predicted octanol–water partition coefficient (Wildman–Crippen LogP) is 1.70. The first-order valence-corrected chi connectivity index (χ1v) is 9.16. The summed E-state index contributed by atoms with van der Waals surface area (Å²) in [5, 5.41) is 6.55. The molecule has 1 aromatic carbocycles. The molecular formula is C15H22IN5O3S. The van der Waals surface area contributed by atoms with Crippen molar-refractivity contribution in [3.05, 3.63) is 47.9 Å². The van der Waals surface area contributed by atoms with E-state index in [1.165, 1.54) is 17.9 Å². The van der Waals surface area contributed by atoms with Crippen molar-refractivity contribution in [1.82, 2.24) is 9.88 Å². The summed E-state index contributed by atoms with van der Waals surface area (Å²) in [6.07, 6.45) is 2.26. The molecule has 10 heteroatoms. The van der Waals surface area contributed by atoms with E-state index in [4.69, 9.17) is 5.73 Å². The second-order valence-electron chi connectivity index (χ2n) is 5.09. The topological polar surface area (TPSA) is 123 Å². The Hall–Kier alpha value is -1.66. The van der Waals surface area contributed by atoms with Crippen molar-refractivity contribution in [2.45, 2.75) is 19.1 Å². The Morgan fingerprint density at radius 1 is 1.36 bits per heavy atom. The molecule has 0 amide bonds. The highest BCUT2D eigenvalue weighted by molar-refractivity contribution is 14.0. The number of anilines is 1. The van der Waals surface area contributed by atoms with Crippen molar-refractivity contribution < 1.29 is 12.9 Å². The van der Waals surface area contributed by atoms with E-state index in [9.17, 15) is 8.42 Å². The first kappa shape index (κ1) is 21.4. The summed E-state index contributed by atoms with van der Waals surface area (Å²) in [6, 6.07) is 9.35. The maximum atomic E-state index is 11.8. The number of hydrogen-bond donors (Lipinski definition) is 3. The highest BCUT2D eigenvalue weighted by Crippen LogP contribution is 2.10. The molecule has 1 aromatic heterocycles. The highest BCUT2D eigenvalue weighted by atomic mass is 127. The summed E-state index contributed by atoms with van der Waals surface area (Å²) >= 11 is 0. The standard InChI is InChI=1S/C15H21N5O3S.HI/c1-2-12-4-3-5-13(10-12)19-15(16)17-7-8-18-24(21,22)11-14-6-9-23-20-14;/h3-6,9-10,18H,2,7-8,11H2,1H3,(H3,16,17,19);1H.